The minimum atomic E-state index is -0.534. The van der Waals surface area contributed by atoms with Crippen molar-refractivity contribution in [3.63, 3.8) is 0 Å². The summed E-state index contributed by atoms with van der Waals surface area (Å²) in [7, 11) is 1.67. The van der Waals surface area contributed by atoms with E-state index in [-0.39, 0.29) is 24.1 Å². The van der Waals surface area contributed by atoms with Crippen molar-refractivity contribution in [2.24, 2.45) is 0 Å². The third-order valence-electron chi connectivity index (χ3n) is 4.85. The van der Waals surface area contributed by atoms with Gasteiger partial charge >= 0.3 is 5.97 Å². The van der Waals surface area contributed by atoms with Crippen LogP contribution in [0.2, 0.25) is 0 Å². The number of rotatable bonds is 9. The van der Waals surface area contributed by atoms with Crippen LogP contribution >= 0.6 is 23.1 Å². The SMILES string of the molecule is CN(Cc1ccsc1)C(=O)COC(=O)CSc1nnc(-c2ccc(F)cc2)n1-c1ccccc1. The Morgan fingerprint density at radius 1 is 1.09 bits per heavy atom. The van der Waals surface area contributed by atoms with Crippen LogP contribution in [0.4, 0.5) is 4.39 Å². The summed E-state index contributed by atoms with van der Waals surface area (Å²) < 4.78 is 20.4. The minimum absolute atomic E-state index is 0.0457. The highest BCUT2D eigenvalue weighted by Gasteiger charge is 2.19. The van der Waals surface area contributed by atoms with Crippen LogP contribution in [0, 0.1) is 5.82 Å². The van der Waals surface area contributed by atoms with Crippen LogP contribution < -0.4 is 0 Å². The molecule has 0 saturated carbocycles. The number of ether oxygens (including phenoxy) is 1. The number of nitrogens with zero attached hydrogens (tertiary/aromatic N) is 4. The van der Waals surface area contributed by atoms with Crippen molar-refractivity contribution in [2.45, 2.75) is 11.7 Å². The number of halogens is 1. The number of hydrogen-bond donors (Lipinski definition) is 0. The molecule has 0 atom stereocenters. The lowest BCUT2D eigenvalue weighted by Gasteiger charge is -2.16. The molecule has 10 heteroatoms. The van der Waals surface area contributed by atoms with E-state index in [1.807, 2.05) is 47.2 Å². The molecule has 0 unspecified atom stereocenters. The van der Waals surface area contributed by atoms with E-state index in [0.717, 1.165) is 23.0 Å². The zero-order valence-corrected chi connectivity index (χ0v) is 19.9. The van der Waals surface area contributed by atoms with Gasteiger partial charge in [0.15, 0.2) is 17.6 Å². The Balaban J connectivity index is 1.41. The molecule has 4 rings (SSSR count). The zero-order chi connectivity index (χ0) is 23.9. The smallest absolute Gasteiger partial charge is 0.316 e. The number of thiophene rings is 1. The number of aromatic nitrogens is 3. The van der Waals surface area contributed by atoms with Gasteiger partial charge in [-0.25, -0.2) is 4.39 Å². The summed E-state index contributed by atoms with van der Waals surface area (Å²) >= 11 is 2.71. The summed E-state index contributed by atoms with van der Waals surface area (Å²) in [4.78, 5) is 26.1. The van der Waals surface area contributed by atoms with Gasteiger partial charge in [0, 0.05) is 24.8 Å². The first-order valence-electron chi connectivity index (χ1n) is 10.3. The first-order chi connectivity index (χ1) is 16.5. The van der Waals surface area contributed by atoms with Crippen LogP contribution in [0.3, 0.4) is 0 Å². The maximum atomic E-state index is 13.4. The molecule has 0 N–H and O–H groups in total. The van der Waals surface area contributed by atoms with E-state index >= 15 is 0 Å². The summed E-state index contributed by atoms with van der Waals surface area (Å²) in [5.74, 6) is -0.686. The second kappa shape index (κ2) is 11.1. The Hall–Kier alpha value is -3.50. The highest BCUT2D eigenvalue weighted by Crippen LogP contribution is 2.28. The lowest BCUT2D eigenvalue weighted by molar-refractivity contribution is -0.149. The number of likely N-dealkylation sites (N-methyl/N-ethyl adjacent to an activating group) is 1. The van der Waals surface area contributed by atoms with Crippen molar-refractivity contribution in [3.8, 4) is 17.1 Å². The third-order valence-corrected chi connectivity index (χ3v) is 6.49. The van der Waals surface area contributed by atoms with E-state index in [4.69, 9.17) is 4.74 Å². The van der Waals surface area contributed by atoms with Gasteiger partial charge in [-0.15, -0.1) is 10.2 Å². The third kappa shape index (κ3) is 5.89. The maximum absolute atomic E-state index is 13.4. The molecule has 2 aromatic carbocycles. The number of carbonyl (C=O) groups excluding carboxylic acids is 2. The standard InChI is InChI=1S/C24H21FN4O3S2/c1-28(13-17-11-12-33-15-17)21(30)14-32-22(31)16-34-24-27-26-23(18-7-9-19(25)10-8-18)29(24)20-5-3-2-4-6-20/h2-12,15H,13-14,16H2,1H3. The van der Waals surface area contributed by atoms with Crippen LogP contribution in [0.25, 0.3) is 17.1 Å². The molecule has 174 valence electrons. The summed E-state index contributed by atoms with van der Waals surface area (Å²) in [5, 5.41) is 12.9. The van der Waals surface area contributed by atoms with Crippen LogP contribution in [-0.2, 0) is 20.9 Å². The lowest BCUT2D eigenvalue weighted by Crippen LogP contribution is -2.31. The van der Waals surface area contributed by atoms with Crippen LogP contribution in [0.5, 0.6) is 0 Å². The molecule has 34 heavy (non-hydrogen) atoms. The normalized spacial score (nSPS) is 10.8. The van der Waals surface area contributed by atoms with Crippen molar-refractivity contribution in [1.82, 2.24) is 19.7 Å². The highest BCUT2D eigenvalue weighted by molar-refractivity contribution is 7.99. The lowest BCUT2D eigenvalue weighted by atomic mass is 10.2. The van der Waals surface area contributed by atoms with Crippen LogP contribution in [0.15, 0.2) is 76.6 Å². The Morgan fingerprint density at radius 3 is 2.56 bits per heavy atom. The zero-order valence-electron chi connectivity index (χ0n) is 18.3. The summed E-state index contributed by atoms with van der Waals surface area (Å²) in [6.45, 7) is 0.132. The molecule has 2 aromatic heterocycles. The van der Waals surface area contributed by atoms with Crippen molar-refractivity contribution in [2.75, 3.05) is 19.4 Å². The number of amides is 1. The van der Waals surface area contributed by atoms with Gasteiger partial charge in [-0.2, -0.15) is 11.3 Å². The van der Waals surface area contributed by atoms with Gasteiger partial charge in [-0.05, 0) is 58.8 Å². The van der Waals surface area contributed by atoms with Gasteiger partial charge in [0.05, 0.1) is 5.75 Å². The second-order valence-corrected chi connectivity index (χ2v) is 9.04. The fraction of sp³-hybridized carbons (Fsp3) is 0.167. The molecular weight excluding hydrogens is 475 g/mol. The topological polar surface area (TPSA) is 77.3 Å². The van der Waals surface area contributed by atoms with E-state index in [2.05, 4.69) is 10.2 Å². The Morgan fingerprint density at radius 2 is 1.85 bits per heavy atom. The van der Waals surface area contributed by atoms with Gasteiger partial charge in [0.25, 0.3) is 5.91 Å². The van der Waals surface area contributed by atoms with E-state index in [9.17, 15) is 14.0 Å². The Kier molecular flexibility index (Phi) is 7.71. The summed E-state index contributed by atoms with van der Waals surface area (Å²) in [5.41, 5.74) is 2.51. The van der Waals surface area contributed by atoms with E-state index < -0.39 is 5.97 Å². The molecule has 0 spiro atoms. The maximum Gasteiger partial charge on any atom is 0.316 e. The molecule has 7 nitrogen and oxygen atoms in total. The molecule has 1 amide bonds. The van der Waals surface area contributed by atoms with Crippen LogP contribution in [0.1, 0.15) is 5.56 Å². The second-order valence-electron chi connectivity index (χ2n) is 7.31. The first kappa shape index (κ1) is 23.7. The molecule has 0 radical (unpaired) electrons. The van der Waals surface area contributed by atoms with Crippen molar-refractivity contribution < 1.29 is 18.7 Å². The number of thioether (sulfide) groups is 1. The number of hydrogen-bond acceptors (Lipinski definition) is 7. The van der Waals surface area contributed by atoms with Crippen LogP contribution in [-0.4, -0.2) is 50.9 Å². The average molecular weight is 497 g/mol. The van der Waals surface area contributed by atoms with Gasteiger partial charge < -0.3 is 9.64 Å². The fourth-order valence-corrected chi connectivity index (χ4v) is 4.53. The van der Waals surface area contributed by atoms with Gasteiger partial charge in [0.1, 0.15) is 5.82 Å². The first-order valence-corrected chi connectivity index (χ1v) is 12.2. The van der Waals surface area contributed by atoms with Crippen molar-refractivity contribution in [3.05, 3.63) is 82.8 Å². The molecule has 0 aliphatic rings. The number of esters is 1. The molecule has 2 heterocycles. The Labute approximate surface area is 204 Å². The van der Waals surface area contributed by atoms with Gasteiger partial charge in [-0.3, -0.25) is 14.2 Å². The predicted molar refractivity (Wildman–Crippen MR) is 129 cm³/mol. The predicted octanol–water partition coefficient (Wildman–Crippen LogP) is 4.43. The highest BCUT2D eigenvalue weighted by atomic mass is 32.2. The molecule has 0 saturated heterocycles. The molecule has 0 aliphatic heterocycles. The van der Waals surface area contributed by atoms with Crippen molar-refractivity contribution >= 4 is 35.0 Å². The molecule has 4 aromatic rings. The monoisotopic (exact) mass is 496 g/mol. The Bertz CT molecular complexity index is 1250. The largest absolute Gasteiger partial charge is 0.455 e. The molecular formula is C24H21FN4O3S2. The number of para-hydroxylation sites is 1. The van der Waals surface area contributed by atoms with Gasteiger partial charge in [0.2, 0.25) is 0 Å². The van der Waals surface area contributed by atoms with E-state index in [0.29, 0.717) is 23.1 Å². The summed E-state index contributed by atoms with van der Waals surface area (Å²) in [6, 6.07) is 17.3. The van der Waals surface area contributed by atoms with E-state index in [1.165, 1.54) is 17.0 Å². The number of benzene rings is 2. The van der Waals surface area contributed by atoms with Crippen molar-refractivity contribution in [1.29, 1.82) is 0 Å². The number of carbonyl (C=O) groups is 2. The van der Waals surface area contributed by atoms with E-state index in [1.54, 1.807) is 35.1 Å². The molecule has 0 fully saturated rings. The quantitative estimate of drug-likeness (QED) is 0.252. The minimum Gasteiger partial charge on any atom is -0.455 e. The summed E-state index contributed by atoms with van der Waals surface area (Å²) in [6.07, 6.45) is 0. The molecule has 0 aliphatic carbocycles. The average Bonchev–Trinajstić information content (AvgIpc) is 3.52. The molecule has 0 bridgehead atoms. The van der Waals surface area contributed by atoms with Gasteiger partial charge in [-0.1, -0.05) is 30.0 Å². The fourth-order valence-electron chi connectivity index (χ4n) is 3.12.